The van der Waals surface area contributed by atoms with Crippen molar-refractivity contribution in [1.29, 1.82) is 0 Å². The second-order valence-corrected chi connectivity index (χ2v) is 4.39. The van der Waals surface area contributed by atoms with Crippen LogP contribution in [0.3, 0.4) is 0 Å². The van der Waals surface area contributed by atoms with Gasteiger partial charge in [-0.25, -0.2) is 4.39 Å². The quantitative estimate of drug-likeness (QED) is 0.705. The molecule has 0 aliphatic carbocycles. The summed E-state index contributed by atoms with van der Waals surface area (Å²) in [5.74, 6) is 1.55. The van der Waals surface area contributed by atoms with Crippen molar-refractivity contribution < 1.29 is 9.13 Å². The first-order valence-corrected chi connectivity index (χ1v) is 5.75. The standard InChI is InChI=1S/C12H14ClFO/c1-8(7-13)11-4-2-9-6-10(14)3-5-12(9)15-11/h3,5-6,8,11H,2,4,7H2,1H3. The van der Waals surface area contributed by atoms with Gasteiger partial charge in [0.2, 0.25) is 0 Å². The summed E-state index contributed by atoms with van der Waals surface area (Å²) in [7, 11) is 0. The second kappa shape index (κ2) is 4.40. The van der Waals surface area contributed by atoms with Gasteiger partial charge in [-0.2, -0.15) is 0 Å². The fourth-order valence-corrected chi connectivity index (χ4v) is 2.08. The van der Waals surface area contributed by atoms with E-state index in [9.17, 15) is 4.39 Å². The van der Waals surface area contributed by atoms with Gasteiger partial charge in [0.25, 0.3) is 0 Å². The Kier molecular flexibility index (Phi) is 3.15. The van der Waals surface area contributed by atoms with E-state index >= 15 is 0 Å². The minimum Gasteiger partial charge on any atom is -0.490 e. The molecule has 0 amide bonds. The third-order valence-corrected chi connectivity index (χ3v) is 3.36. The molecule has 1 heterocycles. The molecule has 1 nitrogen and oxygen atoms in total. The Labute approximate surface area is 94.2 Å². The number of hydrogen-bond donors (Lipinski definition) is 0. The Morgan fingerprint density at radius 2 is 2.40 bits per heavy atom. The highest BCUT2D eigenvalue weighted by molar-refractivity contribution is 6.18. The largest absolute Gasteiger partial charge is 0.490 e. The molecule has 0 bridgehead atoms. The monoisotopic (exact) mass is 228 g/mol. The normalized spacial score (nSPS) is 21.7. The molecular weight excluding hydrogens is 215 g/mol. The van der Waals surface area contributed by atoms with Crippen molar-refractivity contribution in [2.24, 2.45) is 5.92 Å². The van der Waals surface area contributed by atoms with Gasteiger partial charge in [0, 0.05) is 11.8 Å². The molecule has 15 heavy (non-hydrogen) atoms. The summed E-state index contributed by atoms with van der Waals surface area (Å²) in [5, 5.41) is 0. The van der Waals surface area contributed by atoms with Crippen LogP contribution in [-0.2, 0) is 6.42 Å². The lowest BCUT2D eigenvalue weighted by atomic mass is 9.95. The van der Waals surface area contributed by atoms with Crippen molar-refractivity contribution in [3.05, 3.63) is 29.6 Å². The summed E-state index contributed by atoms with van der Waals surface area (Å²) < 4.78 is 18.7. The molecule has 2 unspecified atom stereocenters. The van der Waals surface area contributed by atoms with Gasteiger partial charge in [0.05, 0.1) is 0 Å². The van der Waals surface area contributed by atoms with Gasteiger partial charge in [-0.15, -0.1) is 11.6 Å². The molecule has 0 spiro atoms. The maximum absolute atomic E-state index is 12.9. The van der Waals surface area contributed by atoms with E-state index in [0.717, 1.165) is 24.2 Å². The number of hydrogen-bond acceptors (Lipinski definition) is 1. The van der Waals surface area contributed by atoms with Gasteiger partial charge < -0.3 is 4.74 Å². The lowest BCUT2D eigenvalue weighted by molar-refractivity contribution is 0.128. The fourth-order valence-electron chi connectivity index (χ4n) is 1.88. The van der Waals surface area contributed by atoms with Crippen molar-refractivity contribution in [2.45, 2.75) is 25.9 Å². The van der Waals surface area contributed by atoms with E-state index in [2.05, 4.69) is 6.92 Å². The lowest BCUT2D eigenvalue weighted by Crippen LogP contribution is -2.30. The van der Waals surface area contributed by atoms with Crippen LogP contribution in [0.1, 0.15) is 18.9 Å². The predicted molar refractivity (Wildman–Crippen MR) is 59.0 cm³/mol. The van der Waals surface area contributed by atoms with Crippen LogP contribution < -0.4 is 4.74 Å². The van der Waals surface area contributed by atoms with Gasteiger partial charge in [-0.1, -0.05) is 6.92 Å². The molecule has 0 N–H and O–H groups in total. The van der Waals surface area contributed by atoms with E-state index in [1.807, 2.05) is 0 Å². The van der Waals surface area contributed by atoms with E-state index in [-0.39, 0.29) is 11.9 Å². The number of aryl methyl sites for hydroxylation is 1. The van der Waals surface area contributed by atoms with Gasteiger partial charge in [0.15, 0.2) is 0 Å². The van der Waals surface area contributed by atoms with E-state index in [1.165, 1.54) is 6.07 Å². The minimum atomic E-state index is -0.193. The lowest BCUT2D eigenvalue weighted by Gasteiger charge is -2.29. The molecule has 0 aromatic heterocycles. The highest BCUT2D eigenvalue weighted by atomic mass is 35.5. The molecule has 2 rings (SSSR count). The van der Waals surface area contributed by atoms with Crippen molar-refractivity contribution in [3.8, 4) is 5.75 Å². The highest BCUT2D eigenvalue weighted by Gasteiger charge is 2.24. The SMILES string of the molecule is CC(CCl)C1CCc2cc(F)ccc2O1. The molecule has 0 fully saturated rings. The average Bonchev–Trinajstić information content (AvgIpc) is 2.27. The van der Waals surface area contributed by atoms with E-state index < -0.39 is 0 Å². The number of benzene rings is 1. The van der Waals surface area contributed by atoms with Crippen LogP contribution in [-0.4, -0.2) is 12.0 Å². The van der Waals surface area contributed by atoms with Gasteiger partial charge in [-0.05, 0) is 36.6 Å². The zero-order valence-electron chi connectivity index (χ0n) is 8.67. The van der Waals surface area contributed by atoms with Crippen LogP contribution in [0, 0.1) is 11.7 Å². The van der Waals surface area contributed by atoms with Gasteiger partial charge >= 0.3 is 0 Å². The van der Waals surface area contributed by atoms with Crippen LogP contribution in [0.5, 0.6) is 5.75 Å². The highest BCUT2D eigenvalue weighted by Crippen LogP contribution is 2.30. The minimum absolute atomic E-state index is 0.167. The molecule has 1 aromatic rings. The Morgan fingerprint density at radius 3 is 3.13 bits per heavy atom. The number of fused-ring (bicyclic) bond motifs is 1. The first kappa shape index (κ1) is 10.7. The maximum Gasteiger partial charge on any atom is 0.123 e. The molecule has 3 heteroatoms. The molecule has 1 aromatic carbocycles. The fraction of sp³-hybridized carbons (Fsp3) is 0.500. The maximum atomic E-state index is 12.9. The zero-order valence-corrected chi connectivity index (χ0v) is 9.43. The predicted octanol–water partition coefficient (Wildman–Crippen LogP) is 3.39. The number of ether oxygens (including phenoxy) is 1. The third-order valence-electron chi connectivity index (χ3n) is 2.88. The first-order valence-electron chi connectivity index (χ1n) is 5.21. The summed E-state index contributed by atoms with van der Waals surface area (Å²) in [6, 6.07) is 4.70. The Balaban J connectivity index is 2.16. The topological polar surface area (TPSA) is 9.23 Å². The molecule has 1 aliphatic heterocycles. The van der Waals surface area contributed by atoms with E-state index in [1.54, 1.807) is 12.1 Å². The average molecular weight is 229 g/mol. The third kappa shape index (κ3) is 2.25. The van der Waals surface area contributed by atoms with Crippen LogP contribution >= 0.6 is 11.6 Å². The molecule has 82 valence electrons. The first-order chi connectivity index (χ1) is 7.20. The summed E-state index contributed by atoms with van der Waals surface area (Å²) >= 11 is 5.80. The van der Waals surface area contributed by atoms with Gasteiger partial charge in [-0.3, -0.25) is 0 Å². The Bertz CT molecular complexity index is 353. The molecule has 1 aliphatic rings. The van der Waals surface area contributed by atoms with Crippen molar-refractivity contribution in [2.75, 3.05) is 5.88 Å². The molecule has 2 atom stereocenters. The number of halogens is 2. The summed E-state index contributed by atoms with van der Waals surface area (Å²) in [5.41, 5.74) is 0.966. The van der Waals surface area contributed by atoms with Crippen LogP contribution in [0.4, 0.5) is 4.39 Å². The Morgan fingerprint density at radius 1 is 1.60 bits per heavy atom. The zero-order chi connectivity index (χ0) is 10.8. The molecule has 0 radical (unpaired) electrons. The number of alkyl halides is 1. The van der Waals surface area contributed by atoms with Crippen molar-refractivity contribution in [1.82, 2.24) is 0 Å². The summed E-state index contributed by atoms with van der Waals surface area (Å²) in [6.45, 7) is 2.08. The molecule has 0 saturated heterocycles. The van der Waals surface area contributed by atoms with Crippen molar-refractivity contribution in [3.63, 3.8) is 0 Å². The van der Waals surface area contributed by atoms with Crippen molar-refractivity contribution >= 4 is 11.6 Å². The summed E-state index contributed by atoms with van der Waals surface area (Å²) in [6.07, 6.45) is 1.96. The molecule has 0 saturated carbocycles. The second-order valence-electron chi connectivity index (χ2n) is 4.08. The Hall–Kier alpha value is -0.760. The van der Waals surface area contributed by atoms with Crippen LogP contribution in [0.2, 0.25) is 0 Å². The molecular formula is C12H14ClFO. The van der Waals surface area contributed by atoms with E-state index in [0.29, 0.717) is 11.8 Å². The van der Waals surface area contributed by atoms with Gasteiger partial charge in [0.1, 0.15) is 17.7 Å². The van der Waals surface area contributed by atoms with Crippen LogP contribution in [0.25, 0.3) is 0 Å². The van der Waals surface area contributed by atoms with Crippen LogP contribution in [0.15, 0.2) is 18.2 Å². The smallest absolute Gasteiger partial charge is 0.123 e. The van der Waals surface area contributed by atoms with E-state index in [4.69, 9.17) is 16.3 Å². The number of rotatable bonds is 2. The summed E-state index contributed by atoms with van der Waals surface area (Å²) in [4.78, 5) is 0.